The molecule has 1 unspecified atom stereocenters. The van der Waals surface area contributed by atoms with Gasteiger partial charge in [0.1, 0.15) is 0 Å². The van der Waals surface area contributed by atoms with Crippen LogP contribution in [0.15, 0.2) is 0 Å². The number of carbonyl (C=O) groups excluding carboxylic acids is 1. The van der Waals surface area contributed by atoms with Gasteiger partial charge in [-0.2, -0.15) is 0 Å². The summed E-state index contributed by atoms with van der Waals surface area (Å²) in [6.45, 7) is 2.21. The number of carboxylic acids is 1. The van der Waals surface area contributed by atoms with Crippen molar-refractivity contribution in [2.45, 2.75) is 77.2 Å². The number of ketones is 1. The minimum atomic E-state index is -1.08. The van der Waals surface area contributed by atoms with Gasteiger partial charge in [0.15, 0.2) is 11.8 Å². The van der Waals surface area contributed by atoms with Crippen molar-refractivity contribution in [3.63, 3.8) is 0 Å². The van der Waals surface area contributed by atoms with Crippen LogP contribution in [0.5, 0.6) is 0 Å². The van der Waals surface area contributed by atoms with E-state index in [4.69, 9.17) is 5.11 Å². The third kappa shape index (κ3) is 9.65. The molecule has 0 bridgehead atoms. The van der Waals surface area contributed by atoms with E-state index in [1.165, 1.54) is 45.6 Å². The fourth-order valence-corrected chi connectivity index (χ4v) is 2.18. The summed E-state index contributed by atoms with van der Waals surface area (Å²) in [7, 11) is 1.51. The van der Waals surface area contributed by atoms with Crippen molar-refractivity contribution in [1.82, 2.24) is 5.32 Å². The zero-order valence-electron chi connectivity index (χ0n) is 12.4. The molecule has 0 spiro atoms. The van der Waals surface area contributed by atoms with Gasteiger partial charge in [0.2, 0.25) is 0 Å². The average molecular weight is 271 g/mol. The van der Waals surface area contributed by atoms with Gasteiger partial charge in [-0.1, -0.05) is 58.3 Å². The second kappa shape index (κ2) is 12.2. The third-order valence-electron chi connectivity index (χ3n) is 3.38. The highest BCUT2D eigenvalue weighted by atomic mass is 16.4. The van der Waals surface area contributed by atoms with Crippen LogP contribution in [0, 0.1) is 0 Å². The molecule has 112 valence electrons. The van der Waals surface area contributed by atoms with E-state index in [2.05, 4.69) is 12.2 Å². The number of nitrogens with one attached hydrogen (secondary N) is 1. The molecule has 0 radical (unpaired) electrons. The number of carboxylic acid groups (broad SMARTS) is 1. The number of rotatable bonds is 13. The van der Waals surface area contributed by atoms with Crippen molar-refractivity contribution >= 4 is 11.8 Å². The van der Waals surface area contributed by atoms with E-state index in [0.717, 1.165) is 19.3 Å². The molecule has 0 amide bonds. The van der Waals surface area contributed by atoms with Crippen molar-refractivity contribution in [1.29, 1.82) is 0 Å². The molecule has 0 aliphatic carbocycles. The van der Waals surface area contributed by atoms with Gasteiger partial charge >= 0.3 is 5.97 Å². The molecule has 0 heterocycles. The van der Waals surface area contributed by atoms with Gasteiger partial charge in [-0.15, -0.1) is 0 Å². The lowest BCUT2D eigenvalue weighted by molar-refractivity contribution is -0.143. The molecule has 19 heavy (non-hydrogen) atoms. The van der Waals surface area contributed by atoms with E-state index in [9.17, 15) is 9.59 Å². The van der Waals surface area contributed by atoms with Gasteiger partial charge in [0.25, 0.3) is 0 Å². The Balaban J connectivity index is 3.43. The molecule has 0 aromatic heterocycles. The zero-order chi connectivity index (χ0) is 14.5. The first-order valence-corrected chi connectivity index (χ1v) is 7.56. The topological polar surface area (TPSA) is 66.4 Å². The maximum atomic E-state index is 11.6. The molecule has 0 rings (SSSR count). The van der Waals surface area contributed by atoms with Crippen LogP contribution in [-0.4, -0.2) is 29.9 Å². The molecule has 0 saturated carbocycles. The molecule has 2 N–H and O–H groups in total. The zero-order valence-corrected chi connectivity index (χ0v) is 12.4. The van der Waals surface area contributed by atoms with E-state index in [1.54, 1.807) is 0 Å². The number of carbonyl (C=O) groups is 2. The summed E-state index contributed by atoms with van der Waals surface area (Å²) in [5, 5.41) is 11.3. The summed E-state index contributed by atoms with van der Waals surface area (Å²) in [5.41, 5.74) is 0. The lowest BCUT2D eigenvalue weighted by Gasteiger charge is -2.09. The Labute approximate surface area is 117 Å². The first kappa shape index (κ1) is 18.1. The number of Topliss-reactive ketones (excluding diaryl/α,β-unsaturated/α-hetero) is 1. The van der Waals surface area contributed by atoms with Gasteiger partial charge in [0.05, 0.1) is 0 Å². The fraction of sp³-hybridized carbons (Fsp3) is 0.867. The summed E-state index contributed by atoms with van der Waals surface area (Å²) in [5.74, 6) is -1.29. The minimum absolute atomic E-state index is 0.210. The van der Waals surface area contributed by atoms with Crippen molar-refractivity contribution in [3.05, 3.63) is 0 Å². The van der Waals surface area contributed by atoms with Crippen LogP contribution < -0.4 is 5.32 Å². The fourth-order valence-electron chi connectivity index (χ4n) is 2.18. The number of unbranched alkanes of at least 4 members (excludes halogenated alkanes) is 8. The Kier molecular flexibility index (Phi) is 11.6. The molecular formula is C15H29NO3. The minimum Gasteiger partial charge on any atom is -0.480 e. The van der Waals surface area contributed by atoms with Crippen molar-refractivity contribution in [2.75, 3.05) is 7.05 Å². The molecule has 0 aliphatic heterocycles. The molecule has 0 fully saturated rings. The van der Waals surface area contributed by atoms with Crippen LogP contribution in [0.4, 0.5) is 0 Å². The van der Waals surface area contributed by atoms with Crippen molar-refractivity contribution in [3.8, 4) is 0 Å². The van der Waals surface area contributed by atoms with E-state index in [-0.39, 0.29) is 5.78 Å². The van der Waals surface area contributed by atoms with Gasteiger partial charge in [-0.05, 0) is 13.5 Å². The molecular weight excluding hydrogens is 242 g/mol. The van der Waals surface area contributed by atoms with E-state index >= 15 is 0 Å². The second-order valence-electron chi connectivity index (χ2n) is 5.10. The predicted octanol–water partition coefficient (Wildman–Crippen LogP) is 3.15. The molecule has 1 atom stereocenters. The second-order valence-corrected chi connectivity index (χ2v) is 5.10. The maximum Gasteiger partial charge on any atom is 0.328 e. The number of hydrogen-bond donors (Lipinski definition) is 2. The summed E-state index contributed by atoms with van der Waals surface area (Å²) in [6, 6.07) is -1.03. The molecule has 4 nitrogen and oxygen atoms in total. The van der Waals surface area contributed by atoms with Crippen LogP contribution in [0.1, 0.15) is 71.1 Å². The predicted molar refractivity (Wildman–Crippen MR) is 77.3 cm³/mol. The van der Waals surface area contributed by atoms with Gasteiger partial charge < -0.3 is 10.4 Å². The number of likely N-dealkylation sites (N-methyl/N-ethyl adjacent to an activating group) is 1. The molecule has 0 aromatic rings. The first-order chi connectivity index (χ1) is 9.13. The lowest BCUT2D eigenvalue weighted by Crippen LogP contribution is -2.41. The third-order valence-corrected chi connectivity index (χ3v) is 3.38. The lowest BCUT2D eigenvalue weighted by atomic mass is 10.0. The summed E-state index contributed by atoms with van der Waals surface area (Å²) < 4.78 is 0. The largest absolute Gasteiger partial charge is 0.480 e. The SMILES string of the molecule is CCCCCCCCCCCC(=O)C(NC)C(=O)O. The summed E-state index contributed by atoms with van der Waals surface area (Å²) in [4.78, 5) is 22.3. The Morgan fingerprint density at radius 3 is 1.84 bits per heavy atom. The van der Waals surface area contributed by atoms with Crippen LogP contribution in [-0.2, 0) is 9.59 Å². The highest BCUT2D eigenvalue weighted by Crippen LogP contribution is 2.11. The highest BCUT2D eigenvalue weighted by Gasteiger charge is 2.22. The normalized spacial score (nSPS) is 12.3. The van der Waals surface area contributed by atoms with Crippen LogP contribution in [0.3, 0.4) is 0 Å². The Hall–Kier alpha value is -0.900. The molecule has 0 saturated heterocycles. The number of hydrogen-bond acceptors (Lipinski definition) is 3. The van der Waals surface area contributed by atoms with Crippen LogP contribution >= 0.6 is 0 Å². The van der Waals surface area contributed by atoms with E-state index in [1.807, 2.05) is 0 Å². The van der Waals surface area contributed by atoms with Crippen LogP contribution in [0.2, 0.25) is 0 Å². The number of aliphatic carboxylic acids is 1. The van der Waals surface area contributed by atoms with E-state index < -0.39 is 12.0 Å². The Bertz CT molecular complexity index is 254. The molecule has 0 aliphatic rings. The van der Waals surface area contributed by atoms with E-state index in [0.29, 0.717) is 6.42 Å². The average Bonchev–Trinajstić information content (AvgIpc) is 2.37. The maximum absolute atomic E-state index is 11.6. The quantitative estimate of drug-likeness (QED) is 0.399. The summed E-state index contributed by atoms with van der Waals surface area (Å²) >= 11 is 0. The first-order valence-electron chi connectivity index (χ1n) is 7.56. The van der Waals surface area contributed by atoms with Gasteiger partial charge in [-0.25, -0.2) is 0 Å². The standard InChI is InChI=1S/C15H29NO3/c1-3-4-5-6-7-8-9-10-11-12-13(17)14(16-2)15(18)19/h14,16H,3-12H2,1-2H3,(H,18,19). The highest BCUT2D eigenvalue weighted by molar-refractivity contribution is 6.02. The van der Waals surface area contributed by atoms with Crippen LogP contribution in [0.25, 0.3) is 0 Å². The van der Waals surface area contributed by atoms with Gasteiger partial charge in [0, 0.05) is 6.42 Å². The van der Waals surface area contributed by atoms with Crippen molar-refractivity contribution in [2.24, 2.45) is 0 Å². The molecule has 4 heteroatoms. The van der Waals surface area contributed by atoms with Gasteiger partial charge in [-0.3, -0.25) is 9.59 Å². The monoisotopic (exact) mass is 271 g/mol. The Morgan fingerprint density at radius 2 is 1.42 bits per heavy atom. The van der Waals surface area contributed by atoms with Crippen molar-refractivity contribution < 1.29 is 14.7 Å². The molecule has 0 aromatic carbocycles. The smallest absolute Gasteiger partial charge is 0.328 e. The summed E-state index contributed by atoms with van der Waals surface area (Å²) in [6.07, 6.45) is 11.1. The Morgan fingerprint density at radius 1 is 0.947 bits per heavy atom.